The van der Waals surface area contributed by atoms with Gasteiger partial charge in [-0.15, -0.1) is 0 Å². The van der Waals surface area contributed by atoms with Crippen LogP contribution in [0.2, 0.25) is 0 Å². The molecule has 1 amide bonds. The van der Waals surface area contributed by atoms with Crippen molar-refractivity contribution in [2.45, 2.75) is 25.8 Å². The SMILES string of the molecule is Cc1ncccc1-c1nc2cc(C(=O)NC3CC3)ccc2o1. The number of aryl methyl sites for hydroxylation is 1. The molecule has 0 bridgehead atoms. The van der Waals surface area contributed by atoms with E-state index in [-0.39, 0.29) is 5.91 Å². The third-order valence-corrected chi connectivity index (χ3v) is 3.80. The molecule has 1 N–H and O–H groups in total. The highest BCUT2D eigenvalue weighted by Crippen LogP contribution is 2.26. The molecule has 0 saturated heterocycles. The van der Waals surface area contributed by atoms with E-state index in [2.05, 4.69) is 15.3 Å². The van der Waals surface area contributed by atoms with Crippen LogP contribution in [0.25, 0.3) is 22.6 Å². The molecule has 3 aromatic rings. The molecule has 1 aliphatic rings. The summed E-state index contributed by atoms with van der Waals surface area (Å²) < 4.78 is 5.78. The van der Waals surface area contributed by atoms with Crippen molar-refractivity contribution in [2.24, 2.45) is 0 Å². The van der Waals surface area contributed by atoms with Gasteiger partial charge >= 0.3 is 0 Å². The summed E-state index contributed by atoms with van der Waals surface area (Å²) in [7, 11) is 0. The molecule has 4 rings (SSSR count). The summed E-state index contributed by atoms with van der Waals surface area (Å²) in [5.74, 6) is 0.479. The molecule has 1 fully saturated rings. The molecule has 0 radical (unpaired) electrons. The van der Waals surface area contributed by atoms with Crippen molar-refractivity contribution in [2.75, 3.05) is 0 Å². The van der Waals surface area contributed by atoms with E-state index in [1.54, 1.807) is 24.4 Å². The third-order valence-electron chi connectivity index (χ3n) is 3.80. The number of carbonyl (C=O) groups excluding carboxylic acids is 1. The average molecular weight is 293 g/mol. The Kier molecular flexibility index (Phi) is 2.92. The van der Waals surface area contributed by atoms with Crippen LogP contribution in [-0.2, 0) is 0 Å². The first-order chi connectivity index (χ1) is 10.7. The Morgan fingerprint density at radius 2 is 2.18 bits per heavy atom. The Morgan fingerprint density at radius 3 is 2.95 bits per heavy atom. The van der Waals surface area contributed by atoms with E-state index in [1.807, 2.05) is 19.1 Å². The lowest BCUT2D eigenvalue weighted by atomic mass is 10.2. The zero-order valence-corrected chi connectivity index (χ0v) is 12.2. The average Bonchev–Trinajstić information content (AvgIpc) is 3.23. The highest BCUT2D eigenvalue weighted by Gasteiger charge is 2.24. The number of nitrogens with zero attached hydrogens (tertiary/aromatic N) is 2. The lowest BCUT2D eigenvalue weighted by Gasteiger charge is -2.01. The Labute approximate surface area is 127 Å². The highest BCUT2D eigenvalue weighted by molar-refractivity contribution is 5.97. The summed E-state index contributed by atoms with van der Waals surface area (Å²) in [5, 5.41) is 2.98. The van der Waals surface area contributed by atoms with Gasteiger partial charge in [0.1, 0.15) is 5.52 Å². The minimum atomic E-state index is -0.0495. The summed E-state index contributed by atoms with van der Waals surface area (Å²) in [6.45, 7) is 1.92. The van der Waals surface area contributed by atoms with E-state index < -0.39 is 0 Å². The Bertz CT molecular complexity index is 865. The fourth-order valence-corrected chi connectivity index (χ4v) is 2.39. The standard InChI is InChI=1S/C17H15N3O2/c1-10-13(3-2-8-18-10)17-20-14-9-11(4-7-15(14)22-17)16(21)19-12-5-6-12/h2-4,7-9,12H,5-6H2,1H3,(H,19,21). The van der Waals surface area contributed by atoms with Gasteiger partial charge in [0.15, 0.2) is 5.58 Å². The van der Waals surface area contributed by atoms with Crippen molar-refractivity contribution in [3.63, 3.8) is 0 Å². The predicted molar refractivity (Wildman–Crippen MR) is 82.5 cm³/mol. The van der Waals surface area contributed by atoms with Gasteiger partial charge in [0.25, 0.3) is 5.91 Å². The number of rotatable bonds is 3. The second-order valence-corrected chi connectivity index (χ2v) is 5.59. The largest absolute Gasteiger partial charge is 0.436 e. The normalized spacial score (nSPS) is 14.2. The summed E-state index contributed by atoms with van der Waals surface area (Å²) in [4.78, 5) is 20.8. The van der Waals surface area contributed by atoms with Gasteiger partial charge in [0.05, 0.1) is 5.56 Å². The van der Waals surface area contributed by atoms with Crippen LogP contribution in [-0.4, -0.2) is 21.9 Å². The number of hydrogen-bond acceptors (Lipinski definition) is 4. The number of nitrogens with one attached hydrogen (secondary N) is 1. The van der Waals surface area contributed by atoms with E-state index >= 15 is 0 Å². The summed E-state index contributed by atoms with van der Waals surface area (Å²) >= 11 is 0. The van der Waals surface area contributed by atoms with Gasteiger partial charge in [0.2, 0.25) is 5.89 Å². The van der Waals surface area contributed by atoms with E-state index in [1.165, 1.54) is 0 Å². The summed E-state index contributed by atoms with van der Waals surface area (Å²) in [6, 6.07) is 9.45. The van der Waals surface area contributed by atoms with Crippen molar-refractivity contribution in [1.29, 1.82) is 0 Å². The molecule has 110 valence electrons. The minimum absolute atomic E-state index is 0.0495. The molecule has 1 saturated carbocycles. The zero-order valence-electron chi connectivity index (χ0n) is 12.2. The molecule has 0 aliphatic heterocycles. The smallest absolute Gasteiger partial charge is 0.251 e. The van der Waals surface area contributed by atoms with Crippen molar-refractivity contribution in [1.82, 2.24) is 15.3 Å². The third kappa shape index (κ3) is 2.35. The highest BCUT2D eigenvalue weighted by atomic mass is 16.3. The van der Waals surface area contributed by atoms with Crippen LogP contribution >= 0.6 is 0 Å². The molecular weight excluding hydrogens is 278 g/mol. The van der Waals surface area contributed by atoms with Crippen molar-refractivity contribution in [3.05, 3.63) is 47.8 Å². The lowest BCUT2D eigenvalue weighted by Crippen LogP contribution is -2.25. The van der Waals surface area contributed by atoms with Gasteiger partial charge in [-0.25, -0.2) is 4.98 Å². The van der Waals surface area contributed by atoms with Crippen LogP contribution in [0.15, 0.2) is 40.9 Å². The lowest BCUT2D eigenvalue weighted by molar-refractivity contribution is 0.0951. The Balaban J connectivity index is 1.71. The first-order valence-electron chi connectivity index (χ1n) is 7.34. The topological polar surface area (TPSA) is 68.0 Å². The van der Waals surface area contributed by atoms with Crippen LogP contribution in [0.4, 0.5) is 0 Å². The van der Waals surface area contributed by atoms with E-state index in [0.29, 0.717) is 28.6 Å². The van der Waals surface area contributed by atoms with Crippen LogP contribution < -0.4 is 5.32 Å². The molecule has 5 heteroatoms. The molecule has 2 heterocycles. The predicted octanol–water partition coefficient (Wildman–Crippen LogP) is 3.09. The fraction of sp³-hybridized carbons (Fsp3) is 0.235. The molecule has 1 aliphatic carbocycles. The maximum atomic E-state index is 12.1. The summed E-state index contributed by atoms with van der Waals surface area (Å²) in [5.41, 5.74) is 3.69. The maximum absolute atomic E-state index is 12.1. The van der Waals surface area contributed by atoms with E-state index in [4.69, 9.17) is 4.42 Å². The van der Waals surface area contributed by atoms with Crippen LogP contribution in [0.1, 0.15) is 28.9 Å². The van der Waals surface area contributed by atoms with Gasteiger partial charge in [-0.3, -0.25) is 9.78 Å². The number of aromatic nitrogens is 2. The molecule has 5 nitrogen and oxygen atoms in total. The van der Waals surface area contributed by atoms with Gasteiger partial charge < -0.3 is 9.73 Å². The van der Waals surface area contributed by atoms with Crippen LogP contribution in [0.5, 0.6) is 0 Å². The Morgan fingerprint density at radius 1 is 1.32 bits per heavy atom. The van der Waals surface area contributed by atoms with E-state index in [0.717, 1.165) is 24.1 Å². The molecule has 0 atom stereocenters. The van der Waals surface area contributed by atoms with Crippen molar-refractivity contribution < 1.29 is 9.21 Å². The van der Waals surface area contributed by atoms with Crippen LogP contribution in [0, 0.1) is 6.92 Å². The minimum Gasteiger partial charge on any atom is -0.436 e. The molecule has 1 aromatic carbocycles. The Hall–Kier alpha value is -2.69. The number of hydrogen-bond donors (Lipinski definition) is 1. The molecular formula is C17H15N3O2. The quantitative estimate of drug-likeness (QED) is 0.805. The number of carbonyl (C=O) groups is 1. The fourth-order valence-electron chi connectivity index (χ4n) is 2.39. The first-order valence-corrected chi connectivity index (χ1v) is 7.34. The summed E-state index contributed by atoms with van der Waals surface area (Å²) in [6.07, 6.45) is 3.88. The molecule has 0 unspecified atom stereocenters. The van der Waals surface area contributed by atoms with Crippen molar-refractivity contribution >= 4 is 17.0 Å². The maximum Gasteiger partial charge on any atom is 0.251 e. The van der Waals surface area contributed by atoms with Gasteiger partial charge in [-0.2, -0.15) is 0 Å². The number of oxazole rings is 1. The first kappa shape index (κ1) is 13.0. The molecule has 0 spiro atoms. The molecule has 2 aromatic heterocycles. The number of pyridine rings is 1. The van der Waals surface area contributed by atoms with Gasteiger partial charge in [-0.1, -0.05) is 0 Å². The van der Waals surface area contributed by atoms with Gasteiger partial charge in [0, 0.05) is 23.5 Å². The second-order valence-electron chi connectivity index (χ2n) is 5.59. The number of fused-ring (bicyclic) bond motifs is 1. The van der Waals surface area contributed by atoms with Gasteiger partial charge in [-0.05, 0) is 50.1 Å². The zero-order chi connectivity index (χ0) is 15.1. The van der Waals surface area contributed by atoms with Crippen LogP contribution in [0.3, 0.4) is 0 Å². The number of amides is 1. The van der Waals surface area contributed by atoms with Crippen molar-refractivity contribution in [3.8, 4) is 11.5 Å². The second kappa shape index (κ2) is 4.94. The number of benzene rings is 1. The van der Waals surface area contributed by atoms with E-state index in [9.17, 15) is 4.79 Å². The molecule has 22 heavy (non-hydrogen) atoms. The monoisotopic (exact) mass is 293 g/mol.